The largest absolute Gasteiger partial charge is 0.369 e. The number of imidazole rings is 1. The molecule has 5 N–H and O–H groups in total. The SMILES string of the molecule is C=C(C=CP(=O)(O)O)COCn1cnc2c(=O)[nH]c(N)nc21. The number of anilines is 1. The molecule has 0 amide bonds. The second-order valence-corrected chi connectivity index (χ2v) is 5.85. The first-order valence-electron chi connectivity index (χ1n) is 5.97. The molecule has 0 saturated carbocycles. The van der Waals surface area contributed by atoms with Gasteiger partial charge in [0.15, 0.2) is 11.2 Å². The number of rotatable bonds is 6. The predicted octanol–water partition coefficient (Wildman–Crippen LogP) is -0.0765. The van der Waals surface area contributed by atoms with Crippen molar-refractivity contribution in [2.24, 2.45) is 0 Å². The Balaban J connectivity index is 2.01. The zero-order valence-corrected chi connectivity index (χ0v) is 12.2. The van der Waals surface area contributed by atoms with Crippen LogP contribution < -0.4 is 11.3 Å². The molecule has 0 aliphatic carbocycles. The first-order chi connectivity index (χ1) is 10.3. The number of fused-ring (bicyclic) bond motifs is 1. The molecule has 0 aliphatic rings. The summed E-state index contributed by atoms with van der Waals surface area (Å²) < 4.78 is 17.5. The molecular formula is C11H14N5O5P. The van der Waals surface area contributed by atoms with Crippen LogP contribution in [0.15, 0.2) is 35.2 Å². The van der Waals surface area contributed by atoms with Crippen molar-refractivity contribution in [3.63, 3.8) is 0 Å². The van der Waals surface area contributed by atoms with Gasteiger partial charge in [0.05, 0.1) is 12.9 Å². The lowest BCUT2D eigenvalue weighted by Gasteiger charge is -2.06. The molecule has 11 heteroatoms. The van der Waals surface area contributed by atoms with Crippen LogP contribution in [-0.4, -0.2) is 35.9 Å². The van der Waals surface area contributed by atoms with E-state index in [4.69, 9.17) is 20.3 Å². The molecule has 10 nitrogen and oxygen atoms in total. The van der Waals surface area contributed by atoms with Crippen molar-refractivity contribution in [1.82, 2.24) is 19.5 Å². The number of H-pyrrole nitrogens is 1. The fraction of sp³-hybridized carbons (Fsp3) is 0.182. The molecule has 2 aromatic heterocycles. The Bertz CT molecular complexity index is 833. The van der Waals surface area contributed by atoms with Gasteiger partial charge in [-0.25, -0.2) is 4.98 Å². The molecular weight excluding hydrogens is 313 g/mol. The fourth-order valence-corrected chi connectivity index (χ4v) is 2.00. The third-order valence-corrected chi connectivity index (χ3v) is 3.05. The number of aromatic nitrogens is 4. The molecule has 0 spiro atoms. The van der Waals surface area contributed by atoms with Crippen LogP contribution in [0, 0.1) is 0 Å². The van der Waals surface area contributed by atoms with E-state index in [1.807, 2.05) is 0 Å². The molecule has 0 radical (unpaired) electrons. The molecule has 0 saturated heterocycles. The lowest BCUT2D eigenvalue weighted by Crippen LogP contribution is -2.12. The highest BCUT2D eigenvalue weighted by Gasteiger charge is 2.09. The second kappa shape index (κ2) is 6.24. The summed E-state index contributed by atoms with van der Waals surface area (Å²) in [6.45, 7) is 3.66. The van der Waals surface area contributed by atoms with Crippen LogP contribution in [0.2, 0.25) is 0 Å². The maximum Gasteiger partial charge on any atom is 0.349 e. The van der Waals surface area contributed by atoms with E-state index >= 15 is 0 Å². The van der Waals surface area contributed by atoms with Crippen LogP contribution in [-0.2, 0) is 16.0 Å². The van der Waals surface area contributed by atoms with Crippen molar-refractivity contribution in [2.75, 3.05) is 12.3 Å². The van der Waals surface area contributed by atoms with E-state index in [-0.39, 0.29) is 30.4 Å². The summed E-state index contributed by atoms with van der Waals surface area (Å²) in [5.74, 6) is 0.709. The van der Waals surface area contributed by atoms with Gasteiger partial charge >= 0.3 is 7.60 Å². The zero-order valence-electron chi connectivity index (χ0n) is 11.3. The van der Waals surface area contributed by atoms with Gasteiger partial charge in [-0.2, -0.15) is 4.98 Å². The number of hydrogen-bond donors (Lipinski definition) is 4. The van der Waals surface area contributed by atoms with Gasteiger partial charge in [0.1, 0.15) is 6.73 Å². The molecule has 0 bridgehead atoms. The Kier molecular flexibility index (Phi) is 4.57. The smallest absolute Gasteiger partial charge is 0.349 e. The molecule has 2 heterocycles. The van der Waals surface area contributed by atoms with Crippen LogP contribution >= 0.6 is 7.60 Å². The third kappa shape index (κ3) is 4.12. The maximum atomic E-state index is 11.6. The minimum absolute atomic E-state index is 0.0230. The third-order valence-electron chi connectivity index (χ3n) is 2.52. The van der Waals surface area contributed by atoms with E-state index in [9.17, 15) is 9.36 Å². The Labute approximate surface area is 124 Å². The summed E-state index contributed by atoms with van der Waals surface area (Å²) in [7, 11) is -4.22. The molecule has 22 heavy (non-hydrogen) atoms. The van der Waals surface area contributed by atoms with Gasteiger partial charge in [0, 0.05) is 5.82 Å². The predicted molar refractivity (Wildman–Crippen MR) is 78.8 cm³/mol. The summed E-state index contributed by atoms with van der Waals surface area (Å²) in [4.78, 5) is 39.2. The number of aromatic amines is 1. The lowest BCUT2D eigenvalue weighted by molar-refractivity contribution is 0.0992. The summed E-state index contributed by atoms with van der Waals surface area (Å²) in [6, 6.07) is 0. The van der Waals surface area contributed by atoms with Crippen molar-refractivity contribution < 1.29 is 19.1 Å². The molecule has 0 aliphatic heterocycles. The minimum Gasteiger partial charge on any atom is -0.369 e. The van der Waals surface area contributed by atoms with Crippen molar-refractivity contribution in [1.29, 1.82) is 0 Å². The van der Waals surface area contributed by atoms with Gasteiger partial charge in [-0.05, 0) is 11.6 Å². The highest BCUT2D eigenvalue weighted by atomic mass is 31.2. The van der Waals surface area contributed by atoms with Gasteiger partial charge in [-0.3, -0.25) is 18.9 Å². The Hall–Kier alpha value is -2.26. The van der Waals surface area contributed by atoms with Crippen molar-refractivity contribution in [2.45, 2.75) is 6.73 Å². The quantitative estimate of drug-likeness (QED) is 0.424. The maximum absolute atomic E-state index is 11.6. The number of nitrogens with two attached hydrogens (primary N) is 1. The highest BCUT2D eigenvalue weighted by Crippen LogP contribution is 2.36. The number of nitrogens with one attached hydrogen (secondary N) is 1. The highest BCUT2D eigenvalue weighted by molar-refractivity contribution is 7.55. The first kappa shape index (κ1) is 16.1. The standard InChI is InChI=1S/C11H14N5O5P/c1-7(2-3-22(18,19)20)4-21-6-16-5-13-8-9(16)14-11(12)15-10(8)17/h2-3,5H,1,4,6H2,(H2,18,19,20)(H3,12,14,15,17). The van der Waals surface area contributed by atoms with Crippen LogP contribution in [0.1, 0.15) is 0 Å². The molecule has 0 unspecified atom stereocenters. The topological polar surface area (TPSA) is 156 Å². The minimum atomic E-state index is -4.22. The molecule has 2 rings (SSSR count). The van der Waals surface area contributed by atoms with Gasteiger partial charge in [0.2, 0.25) is 5.95 Å². The summed E-state index contributed by atoms with van der Waals surface area (Å²) in [5.41, 5.74) is 5.80. The zero-order chi connectivity index (χ0) is 16.3. The van der Waals surface area contributed by atoms with E-state index in [1.54, 1.807) is 0 Å². The molecule has 0 fully saturated rings. The van der Waals surface area contributed by atoms with Gasteiger partial charge < -0.3 is 20.3 Å². The van der Waals surface area contributed by atoms with E-state index < -0.39 is 13.2 Å². The van der Waals surface area contributed by atoms with Gasteiger partial charge in [-0.15, -0.1) is 0 Å². The fourth-order valence-electron chi connectivity index (χ4n) is 1.59. The Morgan fingerprint density at radius 3 is 3.00 bits per heavy atom. The average Bonchev–Trinajstić information content (AvgIpc) is 2.79. The number of nitrogen functional groups attached to an aromatic ring is 1. The lowest BCUT2D eigenvalue weighted by atomic mass is 10.3. The Morgan fingerprint density at radius 2 is 2.32 bits per heavy atom. The summed E-state index contributed by atoms with van der Waals surface area (Å²) in [6.07, 6.45) is 2.56. The average molecular weight is 327 g/mol. The molecule has 0 atom stereocenters. The van der Waals surface area contributed by atoms with E-state index in [2.05, 4.69) is 21.5 Å². The van der Waals surface area contributed by atoms with E-state index in [0.29, 0.717) is 5.57 Å². The summed E-state index contributed by atoms with van der Waals surface area (Å²) in [5, 5.41) is 0. The van der Waals surface area contributed by atoms with Crippen LogP contribution in [0.4, 0.5) is 5.95 Å². The molecule has 2 aromatic rings. The monoisotopic (exact) mass is 327 g/mol. The van der Waals surface area contributed by atoms with Crippen molar-refractivity contribution >= 4 is 24.7 Å². The molecule has 118 valence electrons. The van der Waals surface area contributed by atoms with Crippen LogP contribution in [0.5, 0.6) is 0 Å². The van der Waals surface area contributed by atoms with E-state index in [0.717, 1.165) is 5.82 Å². The second-order valence-electron chi connectivity index (χ2n) is 4.38. The number of ether oxygens (including phenoxy) is 1. The van der Waals surface area contributed by atoms with Gasteiger partial charge in [-0.1, -0.05) is 6.58 Å². The van der Waals surface area contributed by atoms with Crippen molar-refractivity contribution in [3.05, 3.63) is 40.7 Å². The summed E-state index contributed by atoms with van der Waals surface area (Å²) >= 11 is 0. The number of hydrogen-bond acceptors (Lipinski definition) is 6. The first-order valence-corrected chi connectivity index (χ1v) is 7.65. The van der Waals surface area contributed by atoms with Gasteiger partial charge in [0.25, 0.3) is 5.56 Å². The molecule has 0 aromatic carbocycles. The normalized spacial score (nSPS) is 12.3. The van der Waals surface area contributed by atoms with Crippen LogP contribution in [0.3, 0.4) is 0 Å². The van der Waals surface area contributed by atoms with E-state index in [1.165, 1.54) is 17.0 Å². The Morgan fingerprint density at radius 1 is 1.59 bits per heavy atom. The van der Waals surface area contributed by atoms with Crippen LogP contribution in [0.25, 0.3) is 11.2 Å². The van der Waals surface area contributed by atoms with Crippen molar-refractivity contribution in [3.8, 4) is 0 Å². The number of nitrogens with zero attached hydrogens (tertiary/aromatic N) is 3.